The number of carbonyl (C=O) groups excluding carboxylic acids is 1. The number of hydrogen-bond donors (Lipinski definition) is 1. The van der Waals surface area contributed by atoms with E-state index in [0.717, 1.165) is 29.7 Å². The maximum atomic E-state index is 13.2. The first-order valence-electron chi connectivity index (χ1n) is 12.1. The highest BCUT2D eigenvalue weighted by atomic mass is 16.5. The minimum Gasteiger partial charge on any atom is -0.374 e. The fourth-order valence-electron chi connectivity index (χ4n) is 5.08. The van der Waals surface area contributed by atoms with Gasteiger partial charge in [0, 0.05) is 43.2 Å². The SMILES string of the molecule is Cc1cccc(-c2noc(C3CCN(C(=O)C4CC(O)N(c5ccc(C)c(C)c5)C4)CC3)n2)c1. The molecule has 0 bridgehead atoms. The van der Waals surface area contributed by atoms with Crippen molar-refractivity contribution >= 4 is 11.6 Å². The van der Waals surface area contributed by atoms with Crippen LogP contribution in [0.25, 0.3) is 11.4 Å². The number of likely N-dealkylation sites (tertiary alicyclic amines) is 1. The molecule has 7 nitrogen and oxygen atoms in total. The molecule has 2 fully saturated rings. The lowest BCUT2D eigenvalue weighted by atomic mass is 9.95. The van der Waals surface area contributed by atoms with Crippen LogP contribution in [0, 0.1) is 26.7 Å². The standard InChI is InChI=1S/C27H32N4O3/c1-17-5-4-6-21(13-17)25-28-26(34-29-25)20-9-11-30(12-10-20)27(33)22-15-24(32)31(16-22)23-8-7-18(2)19(3)14-23/h4-8,13-14,20,22,24,32H,9-12,15-16H2,1-3H3. The van der Waals surface area contributed by atoms with E-state index in [2.05, 4.69) is 36.1 Å². The van der Waals surface area contributed by atoms with E-state index in [4.69, 9.17) is 4.52 Å². The van der Waals surface area contributed by atoms with Crippen LogP contribution in [0.2, 0.25) is 0 Å². The van der Waals surface area contributed by atoms with E-state index in [1.165, 1.54) is 11.1 Å². The number of aliphatic hydroxyl groups is 1. The highest BCUT2D eigenvalue weighted by Crippen LogP contribution is 2.33. The van der Waals surface area contributed by atoms with Gasteiger partial charge in [0.15, 0.2) is 0 Å². The van der Waals surface area contributed by atoms with E-state index in [-0.39, 0.29) is 17.7 Å². The summed E-state index contributed by atoms with van der Waals surface area (Å²) in [5.41, 5.74) is 5.50. The van der Waals surface area contributed by atoms with E-state index >= 15 is 0 Å². The van der Waals surface area contributed by atoms with Gasteiger partial charge >= 0.3 is 0 Å². The number of hydrogen-bond acceptors (Lipinski definition) is 6. The fraction of sp³-hybridized carbons (Fsp3) is 0.444. The molecule has 34 heavy (non-hydrogen) atoms. The second-order valence-electron chi connectivity index (χ2n) is 9.76. The zero-order valence-electron chi connectivity index (χ0n) is 20.1. The molecule has 178 valence electrons. The molecule has 5 rings (SSSR count). The number of aliphatic hydroxyl groups excluding tert-OH is 1. The van der Waals surface area contributed by atoms with Crippen molar-refractivity contribution in [2.45, 2.75) is 52.2 Å². The van der Waals surface area contributed by atoms with Gasteiger partial charge in [0.05, 0.1) is 5.92 Å². The number of aryl methyl sites for hydroxylation is 3. The van der Waals surface area contributed by atoms with Crippen LogP contribution in [0.1, 0.15) is 47.8 Å². The Bertz CT molecular complexity index is 1180. The van der Waals surface area contributed by atoms with Gasteiger partial charge in [0.25, 0.3) is 0 Å². The van der Waals surface area contributed by atoms with Crippen LogP contribution in [-0.4, -0.2) is 51.9 Å². The normalized spacial score (nSPS) is 21.3. The van der Waals surface area contributed by atoms with Crippen molar-refractivity contribution in [3.05, 3.63) is 65.0 Å². The third-order valence-electron chi connectivity index (χ3n) is 7.32. The molecule has 2 aromatic carbocycles. The van der Waals surface area contributed by atoms with Crippen LogP contribution in [0.3, 0.4) is 0 Å². The highest BCUT2D eigenvalue weighted by Gasteiger charge is 2.38. The first-order chi connectivity index (χ1) is 16.4. The summed E-state index contributed by atoms with van der Waals surface area (Å²) in [5, 5.41) is 14.8. The summed E-state index contributed by atoms with van der Waals surface area (Å²) in [4.78, 5) is 21.8. The monoisotopic (exact) mass is 460 g/mol. The zero-order valence-corrected chi connectivity index (χ0v) is 20.1. The molecule has 2 saturated heterocycles. The lowest BCUT2D eigenvalue weighted by Gasteiger charge is -2.32. The summed E-state index contributed by atoms with van der Waals surface area (Å²) in [6, 6.07) is 14.3. The summed E-state index contributed by atoms with van der Waals surface area (Å²) in [6.45, 7) is 8.08. The summed E-state index contributed by atoms with van der Waals surface area (Å²) >= 11 is 0. The molecule has 2 unspecified atom stereocenters. The van der Waals surface area contributed by atoms with E-state index in [9.17, 15) is 9.90 Å². The van der Waals surface area contributed by atoms with Gasteiger partial charge < -0.3 is 19.4 Å². The molecule has 0 radical (unpaired) electrons. The Labute approximate surface area is 200 Å². The van der Waals surface area contributed by atoms with E-state index in [0.29, 0.717) is 37.8 Å². The van der Waals surface area contributed by atoms with Crippen molar-refractivity contribution in [1.29, 1.82) is 0 Å². The number of nitrogens with zero attached hydrogens (tertiary/aromatic N) is 4. The van der Waals surface area contributed by atoms with Crippen molar-refractivity contribution in [2.24, 2.45) is 5.92 Å². The van der Waals surface area contributed by atoms with Crippen molar-refractivity contribution < 1.29 is 14.4 Å². The van der Waals surface area contributed by atoms with Crippen LogP contribution < -0.4 is 4.90 Å². The number of anilines is 1. The number of benzene rings is 2. The van der Waals surface area contributed by atoms with Gasteiger partial charge in [-0.2, -0.15) is 4.98 Å². The molecular weight excluding hydrogens is 428 g/mol. The van der Waals surface area contributed by atoms with Crippen molar-refractivity contribution in [3.63, 3.8) is 0 Å². The third kappa shape index (κ3) is 4.44. The second-order valence-corrected chi connectivity index (χ2v) is 9.76. The zero-order chi connectivity index (χ0) is 23.8. The van der Waals surface area contributed by atoms with Gasteiger partial charge in [-0.3, -0.25) is 4.79 Å². The largest absolute Gasteiger partial charge is 0.374 e. The average molecular weight is 461 g/mol. The molecule has 3 heterocycles. The number of aromatic nitrogens is 2. The maximum Gasteiger partial charge on any atom is 0.230 e. The second kappa shape index (κ2) is 9.22. The quantitative estimate of drug-likeness (QED) is 0.628. The van der Waals surface area contributed by atoms with E-state index in [1.807, 2.05) is 47.1 Å². The van der Waals surface area contributed by atoms with Gasteiger partial charge in [-0.25, -0.2) is 0 Å². The Morgan fingerprint density at radius 2 is 1.85 bits per heavy atom. The molecule has 2 aliphatic heterocycles. The van der Waals surface area contributed by atoms with Crippen molar-refractivity contribution in [2.75, 3.05) is 24.5 Å². The Kier molecular flexibility index (Phi) is 6.13. The first kappa shape index (κ1) is 22.6. The highest BCUT2D eigenvalue weighted by molar-refractivity contribution is 5.80. The summed E-state index contributed by atoms with van der Waals surface area (Å²) in [7, 11) is 0. The molecule has 2 aliphatic rings. The Balaban J connectivity index is 1.19. The van der Waals surface area contributed by atoms with Crippen LogP contribution >= 0.6 is 0 Å². The maximum absolute atomic E-state index is 13.2. The molecule has 3 aromatic rings. The lowest BCUT2D eigenvalue weighted by Crippen LogP contribution is -2.42. The van der Waals surface area contributed by atoms with Gasteiger partial charge in [0.2, 0.25) is 17.6 Å². The van der Waals surface area contributed by atoms with Gasteiger partial charge in [-0.1, -0.05) is 35.0 Å². The van der Waals surface area contributed by atoms with Crippen molar-refractivity contribution in [3.8, 4) is 11.4 Å². The Morgan fingerprint density at radius 1 is 1.06 bits per heavy atom. The summed E-state index contributed by atoms with van der Waals surface area (Å²) in [5.74, 6) is 1.38. The molecule has 0 saturated carbocycles. The van der Waals surface area contributed by atoms with E-state index < -0.39 is 6.23 Å². The van der Waals surface area contributed by atoms with Gasteiger partial charge in [0.1, 0.15) is 6.23 Å². The Morgan fingerprint density at radius 3 is 2.59 bits per heavy atom. The van der Waals surface area contributed by atoms with Gasteiger partial charge in [-0.05, 0) is 62.9 Å². The molecule has 1 N–H and O–H groups in total. The number of amides is 1. The molecule has 1 amide bonds. The number of carbonyl (C=O) groups is 1. The predicted octanol–water partition coefficient (Wildman–Crippen LogP) is 4.21. The molecule has 0 aliphatic carbocycles. The average Bonchev–Trinajstić information content (AvgIpc) is 3.48. The van der Waals surface area contributed by atoms with E-state index in [1.54, 1.807) is 0 Å². The van der Waals surface area contributed by atoms with Crippen LogP contribution in [0.5, 0.6) is 0 Å². The molecule has 7 heteroatoms. The summed E-state index contributed by atoms with van der Waals surface area (Å²) < 4.78 is 5.58. The van der Waals surface area contributed by atoms with Crippen LogP contribution in [0.15, 0.2) is 47.0 Å². The fourth-order valence-corrected chi connectivity index (χ4v) is 5.08. The summed E-state index contributed by atoms with van der Waals surface area (Å²) in [6.07, 6.45) is 1.44. The number of piperidine rings is 1. The molecule has 0 spiro atoms. The lowest BCUT2D eigenvalue weighted by molar-refractivity contribution is -0.136. The topological polar surface area (TPSA) is 82.7 Å². The molecule has 2 atom stereocenters. The Hall–Kier alpha value is -3.19. The number of rotatable bonds is 4. The minimum absolute atomic E-state index is 0.134. The predicted molar refractivity (Wildman–Crippen MR) is 130 cm³/mol. The minimum atomic E-state index is -0.632. The van der Waals surface area contributed by atoms with Crippen LogP contribution in [0.4, 0.5) is 5.69 Å². The van der Waals surface area contributed by atoms with Crippen molar-refractivity contribution in [1.82, 2.24) is 15.0 Å². The van der Waals surface area contributed by atoms with Gasteiger partial charge in [-0.15, -0.1) is 0 Å². The molecular formula is C27H32N4O3. The van der Waals surface area contributed by atoms with Crippen LogP contribution in [-0.2, 0) is 4.79 Å². The molecule has 1 aromatic heterocycles. The first-order valence-corrected chi connectivity index (χ1v) is 12.1. The third-order valence-corrected chi connectivity index (χ3v) is 7.32. The smallest absolute Gasteiger partial charge is 0.230 e.